The highest BCUT2D eigenvalue weighted by Crippen LogP contribution is 2.17. The van der Waals surface area contributed by atoms with Gasteiger partial charge in [-0.05, 0) is 31.0 Å². The SMILES string of the molecule is CCC(CC)C(=O)NCC(c1ccco1)n1cccn1. The summed E-state index contributed by atoms with van der Waals surface area (Å²) < 4.78 is 7.25. The molecule has 5 nitrogen and oxygen atoms in total. The molecule has 1 amide bonds. The van der Waals surface area contributed by atoms with Crippen LogP contribution < -0.4 is 5.32 Å². The van der Waals surface area contributed by atoms with Crippen molar-refractivity contribution < 1.29 is 9.21 Å². The lowest BCUT2D eigenvalue weighted by atomic mass is 10.0. The third-order valence-corrected chi connectivity index (χ3v) is 3.54. The van der Waals surface area contributed by atoms with Crippen molar-refractivity contribution in [2.75, 3.05) is 6.54 Å². The first-order chi connectivity index (χ1) is 9.76. The van der Waals surface area contributed by atoms with Crippen LogP contribution in [0.3, 0.4) is 0 Å². The summed E-state index contributed by atoms with van der Waals surface area (Å²) in [5, 5.41) is 7.24. The summed E-state index contributed by atoms with van der Waals surface area (Å²) in [5.41, 5.74) is 0. The van der Waals surface area contributed by atoms with Gasteiger partial charge in [0.25, 0.3) is 0 Å². The maximum Gasteiger partial charge on any atom is 0.223 e. The first-order valence-electron chi connectivity index (χ1n) is 7.06. The van der Waals surface area contributed by atoms with Gasteiger partial charge in [0.1, 0.15) is 11.8 Å². The van der Waals surface area contributed by atoms with Crippen LogP contribution in [0.4, 0.5) is 0 Å². The molecule has 0 bridgehead atoms. The minimum absolute atomic E-state index is 0.0740. The van der Waals surface area contributed by atoms with Crippen molar-refractivity contribution in [1.82, 2.24) is 15.1 Å². The Hall–Kier alpha value is -2.04. The van der Waals surface area contributed by atoms with Gasteiger partial charge in [0.05, 0.1) is 6.26 Å². The minimum Gasteiger partial charge on any atom is -0.467 e. The van der Waals surface area contributed by atoms with E-state index in [2.05, 4.69) is 10.4 Å². The first-order valence-corrected chi connectivity index (χ1v) is 7.06. The highest BCUT2D eigenvalue weighted by molar-refractivity contribution is 5.78. The molecular weight excluding hydrogens is 254 g/mol. The van der Waals surface area contributed by atoms with E-state index in [0.29, 0.717) is 6.54 Å². The van der Waals surface area contributed by atoms with Gasteiger partial charge in [-0.25, -0.2) is 0 Å². The van der Waals surface area contributed by atoms with Crippen LogP contribution in [0.25, 0.3) is 0 Å². The fourth-order valence-corrected chi connectivity index (χ4v) is 2.27. The first kappa shape index (κ1) is 14.4. The van der Waals surface area contributed by atoms with E-state index >= 15 is 0 Å². The number of carbonyl (C=O) groups excluding carboxylic acids is 1. The lowest BCUT2D eigenvalue weighted by molar-refractivity contribution is -0.125. The molecule has 0 aromatic carbocycles. The van der Waals surface area contributed by atoms with Gasteiger partial charge in [-0.2, -0.15) is 5.10 Å². The molecule has 2 aromatic rings. The van der Waals surface area contributed by atoms with Gasteiger partial charge >= 0.3 is 0 Å². The second-order valence-electron chi connectivity index (χ2n) is 4.78. The van der Waals surface area contributed by atoms with Crippen LogP contribution in [-0.2, 0) is 4.79 Å². The van der Waals surface area contributed by atoms with E-state index in [1.165, 1.54) is 0 Å². The Morgan fingerprint density at radius 1 is 1.40 bits per heavy atom. The summed E-state index contributed by atoms with van der Waals surface area (Å²) in [4.78, 5) is 12.1. The average Bonchev–Trinajstić information content (AvgIpc) is 3.13. The fraction of sp³-hybridized carbons (Fsp3) is 0.467. The predicted molar refractivity (Wildman–Crippen MR) is 76.2 cm³/mol. The smallest absolute Gasteiger partial charge is 0.223 e. The number of nitrogens with one attached hydrogen (secondary N) is 1. The van der Waals surface area contributed by atoms with Crippen LogP contribution in [0.2, 0.25) is 0 Å². The quantitative estimate of drug-likeness (QED) is 0.845. The Kier molecular flexibility index (Phi) is 4.98. The zero-order chi connectivity index (χ0) is 14.4. The molecule has 1 atom stereocenters. The molecule has 0 aliphatic heterocycles. The molecule has 5 heteroatoms. The molecule has 0 radical (unpaired) electrons. The van der Waals surface area contributed by atoms with Crippen LogP contribution in [0.1, 0.15) is 38.5 Å². The van der Waals surface area contributed by atoms with Crippen LogP contribution >= 0.6 is 0 Å². The average molecular weight is 275 g/mol. The molecule has 0 fully saturated rings. The lowest BCUT2D eigenvalue weighted by Gasteiger charge is -2.18. The summed E-state index contributed by atoms with van der Waals surface area (Å²) in [6.45, 7) is 4.54. The molecule has 0 saturated carbocycles. The highest BCUT2D eigenvalue weighted by atomic mass is 16.3. The molecule has 0 aliphatic carbocycles. The second kappa shape index (κ2) is 6.93. The molecule has 20 heavy (non-hydrogen) atoms. The number of furan rings is 1. The monoisotopic (exact) mass is 275 g/mol. The molecule has 2 rings (SSSR count). The maximum atomic E-state index is 12.1. The van der Waals surface area contributed by atoms with Crippen molar-refractivity contribution >= 4 is 5.91 Å². The van der Waals surface area contributed by atoms with Crippen LogP contribution in [-0.4, -0.2) is 22.2 Å². The summed E-state index contributed by atoms with van der Waals surface area (Å²) in [6.07, 6.45) is 6.94. The van der Waals surface area contributed by atoms with E-state index in [4.69, 9.17) is 4.42 Å². The number of nitrogens with zero attached hydrogens (tertiary/aromatic N) is 2. The molecule has 1 unspecified atom stereocenters. The molecule has 1 N–H and O–H groups in total. The van der Waals surface area contributed by atoms with Gasteiger partial charge in [0, 0.05) is 24.9 Å². The Bertz CT molecular complexity index is 467. The van der Waals surface area contributed by atoms with Crippen molar-refractivity contribution in [3.63, 3.8) is 0 Å². The largest absolute Gasteiger partial charge is 0.467 e. The number of hydrogen-bond acceptors (Lipinski definition) is 3. The van der Waals surface area contributed by atoms with Gasteiger partial charge in [0.15, 0.2) is 0 Å². The maximum absolute atomic E-state index is 12.1. The minimum atomic E-state index is -0.113. The lowest BCUT2D eigenvalue weighted by Crippen LogP contribution is -2.35. The van der Waals surface area contributed by atoms with Gasteiger partial charge in [-0.1, -0.05) is 13.8 Å². The summed E-state index contributed by atoms with van der Waals surface area (Å²) in [5.74, 6) is 0.960. The van der Waals surface area contributed by atoms with Crippen molar-refractivity contribution in [2.24, 2.45) is 5.92 Å². The van der Waals surface area contributed by atoms with Gasteiger partial charge < -0.3 is 9.73 Å². The number of rotatable bonds is 7. The topological polar surface area (TPSA) is 60.1 Å². The Morgan fingerprint density at radius 2 is 2.20 bits per heavy atom. The number of aromatic nitrogens is 2. The summed E-state index contributed by atoms with van der Waals surface area (Å²) in [6, 6.07) is 5.49. The van der Waals surface area contributed by atoms with Crippen molar-refractivity contribution in [2.45, 2.75) is 32.7 Å². The van der Waals surface area contributed by atoms with E-state index in [0.717, 1.165) is 18.6 Å². The van der Waals surface area contributed by atoms with Crippen LogP contribution in [0, 0.1) is 5.92 Å². The third kappa shape index (κ3) is 3.29. The Morgan fingerprint density at radius 3 is 2.75 bits per heavy atom. The standard InChI is InChI=1S/C15H21N3O2/c1-3-12(4-2)15(19)16-11-13(14-7-5-10-20-14)18-9-6-8-17-18/h5-10,12-13H,3-4,11H2,1-2H3,(H,16,19). The number of carbonyl (C=O) groups is 1. The highest BCUT2D eigenvalue weighted by Gasteiger charge is 2.20. The number of amides is 1. The summed E-state index contributed by atoms with van der Waals surface area (Å²) >= 11 is 0. The molecular formula is C15H21N3O2. The van der Waals surface area contributed by atoms with Gasteiger partial charge in [-0.3, -0.25) is 9.48 Å². The molecule has 108 valence electrons. The molecule has 2 heterocycles. The predicted octanol–water partition coefficient (Wildman–Crippen LogP) is 2.62. The van der Waals surface area contributed by atoms with Crippen molar-refractivity contribution in [1.29, 1.82) is 0 Å². The van der Waals surface area contributed by atoms with E-state index < -0.39 is 0 Å². The molecule has 2 aromatic heterocycles. The van der Waals surface area contributed by atoms with Crippen LogP contribution in [0.15, 0.2) is 41.3 Å². The molecule has 0 saturated heterocycles. The summed E-state index contributed by atoms with van der Waals surface area (Å²) in [7, 11) is 0. The Balaban J connectivity index is 2.05. The molecule has 0 spiro atoms. The normalized spacial score (nSPS) is 12.6. The van der Waals surface area contributed by atoms with Crippen LogP contribution in [0.5, 0.6) is 0 Å². The number of hydrogen-bond donors (Lipinski definition) is 1. The third-order valence-electron chi connectivity index (χ3n) is 3.54. The van der Waals surface area contributed by atoms with E-state index in [-0.39, 0.29) is 17.9 Å². The van der Waals surface area contributed by atoms with E-state index in [1.807, 2.05) is 38.2 Å². The van der Waals surface area contributed by atoms with Gasteiger partial charge in [-0.15, -0.1) is 0 Å². The van der Waals surface area contributed by atoms with E-state index in [1.54, 1.807) is 17.1 Å². The molecule has 0 aliphatic rings. The van der Waals surface area contributed by atoms with Crippen molar-refractivity contribution in [3.8, 4) is 0 Å². The van der Waals surface area contributed by atoms with E-state index in [9.17, 15) is 4.79 Å². The Labute approximate surface area is 119 Å². The second-order valence-corrected chi connectivity index (χ2v) is 4.78. The fourth-order valence-electron chi connectivity index (χ4n) is 2.27. The van der Waals surface area contributed by atoms with Crippen molar-refractivity contribution in [3.05, 3.63) is 42.6 Å². The zero-order valence-corrected chi connectivity index (χ0v) is 12.0. The van der Waals surface area contributed by atoms with Gasteiger partial charge in [0.2, 0.25) is 5.91 Å². The zero-order valence-electron chi connectivity index (χ0n) is 12.0.